The van der Waals surface area contributed by atoms with Crippen LogP contribution in [-0.4, -0.2) is 15.7 Å². The van der Waals surface area contributed by atoms with Gasteiger partial charge in [0.1, 0.15) is 12.1 Å². The summed E-state index contributed by atoms with van der Waals surface area (Å²) in [5.41, 5.74) is 1.76. The van der Waals surface area contributed by atoms with E-state index in [1.807, 2.05) is 29.5 Å². The van der Waals surface area contributed by atoms with Gasteiger partial charge in [-0.1, -0.05) is 17.7 Å². The molecule has 2 aromatic heterocycles. The van der Waals surface area contributed by atoms with Crippen LogP contribution in [0.2, 0.25) is 5.15 Å². The fourth-order valence-electron chi connectivity index (χ4n) is 1.59. The quantitative estimate of drug-likeness (QED) is 0.708. The molecule has 0 aromatic carbocycles. The van der Waals surface area contributed by atoms with E-state index in [0.717, 1.165) is 23.3 Å². The van der Waals surface area contributed by atoms with Gasteiger partial charge in [-0.05, 0) is 19.1 Å². The molecular formula is C10H9ClN2O. The maximum atomic E-state index is 10.5. The largest absolute Gasteiger partial charge is 0.303 e. The van der Waals surface area contributed by atoms with Gasteiger partial charge < -0.3 is 4.79 Å². The molecule has 2 aromatic rings. The van der Waals surface area contributed by atoms with Gasteiger partial charge in [-0.2, -0.15) is 0 Å². The normalized spacial score (nSPS) is 10.7. The Hall–Kier alpha value is -1.35. The van der Waals surface area contributed by atoms with Crippen LogP contribution >= 0.6 is 11.6 Å². The highest BCUT2D eigenvalue weighted by Gasteiger charge is 2.08. The van der Waals surface area contributed by atoms with Gasteiger partial charge in [0, 0.05) is 12.1 Å². The van der Waals surface area contributed by atoms with Crippen LogP contribution in [0.4, 0.5) is 0 Å². The van der Waals surface area contributed by atoms with E-state index in [4.69, 9.17) is 11.6 Å². The van der Waals surface area contributed by atoms with Crippen LogP contribution in [0.5, 0.6) is 0 Å². The van der Waals surface area contributed by atoms with Gasteiger partial charge in [-0.3, -0.25) is 4.40 Å². The van der Waals surface area contributed by atoms with Crippen molar-refractivity contribution >= 4 is 23.4 Å². The first-order valence-electron chi connectivity index (χ1n) is 4.30. The molecule has 72 valence electrons. The summed E-state index contributed by atoms with van der Waals surface area (Å²) >= 11 is 5.93. The monoisotopic (exact) mass is 208 g/mol. The van der Waals surface area contributed by atoms with E-state index in [1.54, 1.807) is 0 Å². The molecule has 0 radical (unpaired) electrons. The predicted molar refractivity (Wildman–Crippen MR) is 54.7 cm³/mol. The summed E-state index contributed by atoms with van der Waals surface area (Å²) in [5.74, 6) is 0.808. The van der Waals surface area contributed by atoms with Crippen molar-refractivity contribution in [2.75, 3.05) is 0 Å². The second-order valence-electron chi connectivity index (χ2n) is 3.06. The average Bonchev–Trinajstić information content (AvgIpc) is 2.44. The van der Waals surface area contributed by atoms with E-state index >= 15 is 0 Å². The standard InChI is InChI=1S/C10H9ClN2O/c1-7-12-10(11)9-4-2-3-8(5-6-14)13(7)9/h2-4,6H,5H2,1H3. The van der Waals surface area contributed by atoms with Gasteiger partial charge in [0.05, 0.1) is 5.52 Å². The fraction of sp³-hybridized carbons (Fsp3) is 0.200. The van der Waals surface area contributed by atoms with Gasteiger partial charge in [0.15, 0.2) is 5.15 Å². The van der Waals surface area contributed by atoms with E-state index in [9.17, 15) is 4.79 Å². The summed E-state index contributed by atoms with van der Waals surface area (Å²) in [7, 11) is 0. The number of carbonyl (C=O) groups is 1. The van der Waals surface area contributed by atoms with Crippen LogP contribution in [0.15, 0.2) is 18.2 Å². The molecule has 2 rings (SSSR count). The zero-order valence-electron chi connectivity index (χ0n) is 7.70. The molecule has 0 saturated heterocycles. The molecule has 0 bridgehead atoms. The molecule has 0 aliphatic rings. The summed E-state index contributed by atoms with van der Waals surface area (Å²) < 4.78 is 1.90. The summed E-state index contributed by atoms with van der Waals surface area (Å²) in [6.45, 7) is 1.87. The molecule has 0 aliphatic carbocycles. The Morgan fingerprint density at radius 2 is 2.36 bits per heavy atom. The number of rotatable bonds is 2. The van der Waals surface area contributed by atoms with Gasteiger partial charge in [0.25, 0.3) is 0 Å². The number of halogens is 1. The highest BCUT2D eigenvalue weighted by Crippen LogP contribution is 2.19. The minimum atomic E-state index is 0.380. The Balaban J connectivity index is 2.78. The number of nitrogens with zero attached hydrogens (tertiary/aromatic N) is 2. The molecule has 0 aliphatic heterocycles. The minimum Gasteiger partial charge on any atom is -0.303 e. The van der Waals surface area contributed by atoms with Crippen molar-refractivity contribution in [3.63, 3.8) is 0 Å². The van der Waals surface area contributed by atoms with E-state index in [0.29, 0.717) is 11.6 Å². The number of imidazole rings is 1. The fourth-order valence-corrected chi connectivity index (χ4v) is 1.86. The van der Waals surface area contributed by atoms with Crippen LogP contribution in [0.3, 0.4) is 0 Å². The molecule has 0 amide bonds. The molecule has 0 saturated carbocycles. The van der Waals surface area contributed by atoms with Gasteiger partial charge in [0.2, 0.25) is 0 Å². The third-order valence-corrected chi connectivity index (χ3v) is 2.44. The lowest BCUT2D eigenvalue weighted by molar-refractivity contribution is -0.107. The van der Waals surface area contributed by atoms with E-state index < -0.39 is 0 Å². The van der Waals surface area contributed by atoms with Crippen molar-refractivity contribution in [2.24, 2.45) is 0 Å². The van der Waals surface area contributed by atoms with E-state index in [-0.39, 0.29) is 0 Å². The summed E-state index contributed by atoms with van der Waals surface area (Å²) in [4.78, 5) is 14.6. The number of aryl methyl sites for hydroxylation is 1. The molecule has 4 heteroatoms. The van der Waals surface area contributed by atoms with Crippen molar-refractivity contribution in [3.05, 3.63) is 34.9 Å². The summed E-state index contributed by atoms with van der Waals surface area (Å²) in [6.07, 6.45) is 1.26. The Bertz CT molecular complexity index is 490. The maximum Gasteiger partial charge on any atom is 0.155 e. The van der Waals surface area contributed by atoms with Gasteiger partial charge in [-0.25, -0.2) is 4.98 Å². The number of aromatic nitrogens is 2. The minimum absolute atomic E-state index is 0.380. The lowest BCUT2D eigenvalue weighted by atomic mass is 10.2. The number of hydrogen-bond donors (Lipinski definition) is 0. The molecular weight excluding hydrogens is 200 g/mol. The Labute approximate surface area is 86.3 Å². The highest BCUT2D eigenvalue weighted by atomic mass is 35.5. The molecule has 0 spiro atoms. The average molecular weight is 209 g/mol. The molecule has 2 heterocycles. The number of hydrogen-bond acceptors (Lipinski definition) is 2. The molecule has 0 atom stereocenters. The smallest absolute Gasteiger partial charge is 0.155 e. The van der Waals surface area contributed by atoms with Crippen LogP contribution in [0, 0.1) is 6.92 Å². The topological polar surface area (TPSA) is 34.4 Å². The molecule has 14 heavy (non-hydrogen) atoms. The number of fused-ring (bicyclic) bond motifs is 1. The van der Waals surface area contributed by atoms with Gasteiger partial charge >= 0.3 is 0 Å². The first kappa shape index (κ1) is 9.21. The third-order valence-electron chi connectivity index (χ3n) is 2.16. The molecule has 0 N–H and O–H groups in total. The predicted octanol–water partition coefficient (Wildman–Crippen LogP) is 2.04. The molecule has 0 unspecified atom stereocenters. The van der Waals surface area contributed by atoms with Crippen molar-refractivity contribution < 1.29 is 4.79 Å². The first-order valence-corrected chi connectivity index (χ1v) is 4.68. The first-order chi connectivity index (χ1) is 6.74. The van der Waals surface area contributed by atoms with E-state index in [2.05, 4.69) is 4.98 Å². The van der Waals surface area contributed by atoms with Crippen molar-refractivity contribution in [3.8, 4) is 0 Å². The van der Waals surface area contributed by atoms with Crippen LogP contribution in [0.25, 0.3) is 5.52 Å². The lowest BCUT2D eigenvalue weighted by Gasteiger charge is -2.02. The zero-order valence-corrected chi connectivity index (χ0v) is 8.45. The number of pyridine rings is 1. The summed E-state index contributed by atoms with van der Waals surface area (Å²) in [5, 5.41) is 0.482. The second-order valence-corrected chi connectivity index (χ2v) is 3.42. The van der Waals surface area contributed by atoms with E-state index in [1.165, 1.54) is 0 Å². The van der Waals surface area contributed by atoms with Crippen LogP contribution < -0.4 is 0 Å². The van der Waals surface area contributed by atoms with Crippen molar-refractivity contribution in [1.82, 2.24) is 9.38 Å². The maximum absolute atomic E-state index is 10.5. The van der Waals surface area contributed by atoms with Crippen LogP contribution in [-0.2, 0) is 11.2 Å². The van der Waals surface area contributed by atoms with Gasteiger partial charge in [-0.15, -0.1) is 0 Å². The van der Waals surface area contributed by atoms with Crippen molar-refractivity contribution in [1.29, 1.82) is 0 Å². The number of carbonyl (C=O) groups excluding carboxylic acids is 1. The SMILES string of the molecule is Cc1nc(Cl)c2cccc(CC=O)n12. The van der Waals surface area contributed by atoms with Crippen LogP contribution in [0.1, 0.15) is 11.5 Å². The Morgan fingerprint density at radius 1 is 1.57 bits per heavy atom. The lowest BCUT2D eigenvalue weighted by Crippen LogP contribution is -1.98. The summed E-state index contributed by atoms with van der Waals surface area (Å²) in [6, 6.07) is 5.66. The zero-order chi connectivity index (χ0) is 10.1. The number of aldehydes is 1. The Morgan fingerprint density at radius 3 is 3.07 bits per heavy atom. The van der Waals surface area contributed by atoms with Crippen molar-refractivity contribution in [2.45, 2.75) is 13.3 Å². The second kappa shape index (κ2) is 3.42. The molecule has 3 nitrogen and oxygen atoms in total. The molecule has 0 fully saturated rings. The Kier molecular flexibility index (Phi) is 2.25. The third kappa shape index (κ3) is 1.30. The highest BCUT2D eigenvalue weighted by molar-refractivity contribution is 6.32.